The normalized spacial score (nSPS) is 13.8. The van der Waals surface area contributed by atoms with Gasteiger partial charge in [-0.25, -0.2) is 0 Å². The molecule has 0 saturated carbocycles. The number of nitrogens with one attached hydrogen (secondary N) is 2. The Kier molecular flexibility index (Phi) is 5.50. The predicted molar refractivity (Wildman–Crippen MR) is 97.8 cm³/mol. The maximum atomic E-state index is 12.1. The van der Waals surface area contributed by atoms with Gasteiger partial charge in [-0.1, -0.05) is 6.07 Å². The van der Waals surface area contributed by atoms with Crippen LogP contribution in [0.15, 0.2) is 48.5 Å². The zero-order valence-corrected chi connectivity index (χ0v) is 13.9. The van der Waals surface area contributed by atoms with Crippen LogP contribution in [-0.2, 0) is 9.53 Å². The molecule has 3 rings (SSSR count). The first-order valence-electron chi connectivity index (χ1n) is 8.21. The summed E-state index contributed by atoms with van der Waals surface area (Å²) >= 11 is 0. The number of anilines is 3. The second-order valence-electron chi connectivity index (χ2n) is 5.74. The van der Waals surface area contributed by atoms with Crippen molar-refractivity contribution in [2.45, 2.75) is 0 Å². The highest BCUT2D eigenvalue weighted by Crippen LogP contribution is 2.19. The fourth-order valence-corrected chi connectivity index (χ4v) is 2.66. The van der Waals surface area contributed by atoms with Gasteiger partial charge in [0.05, 0.1) is 31.4 Å². The van der Waals surface area contributed by atoms with Crippen molar-refractivity contribution >= 4 is 23.0 Å². The van der Waals surface area contributed by atoms with Crippen LogP contribution in [0.25, 0.3) is 0 Å². The number of carbonyl (C=O) groups is 1. The van der Waals surface area contributed by atoms with Gasteiger partial charge in [-0.2, -0.15) is 5.26 Å². The van der Waals surface area contributed by atoms with E-state index in [-0.39, 0.29) is 12.5 Å². The zero-order chi connectivity index (χ0) is 17.5. The quantitative estimate of drug-likeness (QED) is 0.877. The van der Waals surface area contributed by atoms with Crippen LogP contribution in [0.2, 0.25) is 0 Å². The van der Waals surface area contributed by atoms with Gasteiger partial charge in [0.25, 0.3) is 0 Å². The highest BCUT2D eigenvalue weighted by Gasteiger charge is 2.11. The molecule has 0 atom stereocenters. The smallest absolute Gasteiger partial charge is 0.243 e. The summed E-state index contributed by atoms with van der Waals surface area (Å²) in [6, 6.07) is 16.9. The summed E-state index contributed by atoms with van der Waals surface area (Å²) in [5, 5.41) is 14.8. The molecule has 0 aromatic heterocycles. The largest absolute Gasteiger partial charge is 0.378 e. The van der Waals surface area contributed by atoms with Gasteiger partial charge in [0.1, 0.15) is 0 Å². The van der Waals surface area contributed by atoms with E-state index in [2.05, 4.69) is 21.6 Å². The van der Waals surface area contributed by atoms with Crippen LogP contribution < -0.4 is 15.5 Å². The molecular formula is C19H20N4O2. The van der Waals surface area contributed by atoms with Gasteiger partial charge >= 0.3 is 0 Å². The molecule has 2 N–H and O–H groups in total. The molecule has 6 nitrogen and oxygen atoms in total. The molecule has 1 fully saturated rings. The fraction of sp³-hybridized carbons (Fsp3) is 0.263. The number of nitriles is 1. The number of hydrogen-bond acceptors (Lipinski definition) is 5. The molecule has 2 aromatic carbocycles. The Labute approximate surface area is 147 Å². The Morgan fingerprint density at radius 3 is 2.60 bits per heavy atom. The van der Waals surface area contributed by atoms with Crippen LogP contribution in [0.1, 0.15) is 5.56 Å². The Balaban J connectivity index is 1.51. The van der Waals surface area contributed by atoms with Gasteiger partial charge in [0, 0.05) is 30.2 Å². The molecule has 25 heavy (non-hydrogen) atoms. The first-order chi connectivity index (χ1) is 12.2. The molecule has 0 bridgehead atoms. The Bertz CT molecular complexity index is 762. The third kappa shape index (κ3) is 4.72. The van der Waals surface area contributed by atoms with E-state index in [1.807, 2.05) is 30.3 Å². The van der Waals surface area contributed by atoms with Crippen LogP contribution in [-0.4, -0.2) is 38.8 Å². The van der Waals surface area contributed by atoms with Crippen molar-refractivity contribution in [2.75, 3.05) is 48.4 Å². The van der Waals surface area contributed by atoms with E-state index >= 15 is 0 Å². The summed E-state index contributed by atoms with van der Waals surface area (Å²) in [6.45, 7) is 3.41. The molecule has 0 spiro atoms. The molecular weight excluding hydrogens is 316 g/mol. The molecule has 1 heterocycles. The van der Waals surface area contributed by atoms with Gasteiger partial charge in [-0.15, -0.1) is 0 Å². The van der Waals surface area contributed by atoms with Crippen LogP contribution in [0.3, 0.4) is 0 Å². The summed E-state index contributed by atoms with van der Waals surface area (Å²) in [4.78, 5) is 14.3. The molecule has 0 radical (unpaired) electrons. The number of rotatable bonds is 5. The average molecular weight is 336 g/mol. The standard InChI is InChI=1S/C19H20N4O2/c20-13-15-2-1-3-17(12-15)21-14-19(24)22-16-4-6-18(7-5-16)23-8-10-25-11-9-23/h1-7,12,21H,8-11,14H2,(H,22,24). The van der Waals surface area contributed by atoms with E-state index in [1.165, 1.54) is 0 Å². The summed E-state index contributed by atoms with van der Waals surface area (Å²) in [7, 11) is 0. The number of hydrogen-bond donors (Lipinski definition) is 2. The zero-order valence-electron chi connectivity index (χ0n) is 13.9. The van der Waals surface area contributed by atoms with Crippen LogP contribution >= 0.6 is 0 Å². The van der Waals surface area contributed by atoms with E-state index in [0.717, 1.165) is 43.4 Å². The molecule has 6 heteroatoms. The van der Waals surface area contributed by atoms with Crippen molar-refractivity contribution < 1.29 is 9.53 Å². The molecule has 1 aliphatic rings. The minimum absolute atomic E-state index is 0.138. The first kappa shape index (κ1) is 16.8. The van der Waals surface area contributed by atoms with Gasteiger partial charge in [0.15, 0.2) is 0 Å². The highest BCUT2D eigenvalue weighted by atomic mass is 16.5. The number of amides is 1. The maximum absolute atomic E-state index is 12.1. The molecule has 0 unspecified atom stereocenters. The highest BCUT2D eigenvalue weighted by molar-refractivity contribution is 5.93. The van der Waals surface area contributed by atoms with Crippen molar-refractivity contribution in [1.82, 2.24) is 0 Å². The van der Waals surface area contributed by atoms with Crippen molar-refractivity contribution in [3.63, 3.8) is 0 Å². The fourth-order valence-electron chi connectivity index (χ4n) is 2.66. The second-order valence-corrected chi connectivity index (χ2v) is 5.74. The van der Waals surface area contributed by atoms with Crippen LogP contribution in [0.5, 0.6) is 0 Å². The molecule has 1 aliphatic heterocycles. The number of nitrogens with zero attached hydrogens (tertiary/aromatic N) is 2. The monoisotopic (exact) mass is 336 g/mol. The molecule has 1 saturated heterocycles. The lowest BCUT2D eigenvalue weighted by Crippen LogP contribution is -2.36. The van der Waals surface area contributed by atoms with E-state index in [0.29, 0.717) is 5.56 Å². The predicted octanol–water partition coefficient (Wildman–Crippen LogP) is 2.45. The van der Waals surface area contributed by atoms with Crippen molar-refractivity contribution in [3.8, 4) is 6.07 Å². The number of morpholine rings is 1. The van der Waals surface area contributed by atoms with E-state index in [1.54, 1.807) is 18.2 Å². The first-order valence-corrected chi connectivity index (χ1v) is 8.21. The SMILES string of the molecule is N#Cc1cccc(NCC(=O)Nc2ccc(N3CCOCC3)cc2)c1. The van der Waals surface area contributed by atoms with Crippen molar-refractivity contribution in [2.24, 2.45) is 0 Å². The Morgan fingerprint density at radius 2 is 1.88 bits per heavy atom. The lowest BCUT2D eigenvalue weighted by molar-refractivity contribution is -0.114. The lowest BCUT2D eigenvalue weighted by atomic mass is 10.2. The minimum atomic E-state index is -0.138. The number of carbonyl (C=O) groups excluding carboxylic acids is 1. The van der Waals surface area contributed by atoms with E-state index in [9.17, 15) is 4.79 Å². The van der Waals surface area contributed by atoms with Crippen LogP contribution in [0.4, 0.5) is 17.1 Å². The molecule has 1 amide bonds. The summed E-state index contributed by atoms with van der Waals surface area (Å²) < 4.78 is 5.35. The van der Waals surface area contributed by atoms with Gasteiger partial charge in [0.2, 0.25) is 5.91 Å². The molecule has 2 aromatic rings. The van der Waals surface area contributed by atoms with E-state index < -0.39 is 0 Å². The van der Waals surface area contributed by atoms with Gasteiger partial charge < -0.3 is 20.3 Å². The third-order valence-electron chi connectivity index (χ3n) is 3.97. The lowest BCUT2D eigenvalue weighted by Gasteiger charge is -2.28. The minimum Gasteiger partial charge on any atom is -0.378 e. The molecule has 128 valence electrons. The number of ether oxygens (including phenoxy) is 1. The van der Waals surface area contributed by atoms with Gasteiger partial charge in [-0.05, 0) is 42.5 Å². The maximum Gasteiger partial charge on any atom is 0.243 e. The number of benzene rings is 2. The van der Waals surface area contributed by atoms with Gasteiger partial charge in [-0.3, -0.25) is 4.79 Å². The second kappa shape index (κ2) is 8.18. The topological polar surface area (TPSA) is 77.4 Å². The van der Waals surface area contributed by atoms with E-state index in [4.69, 9.17) is 10.00 Å². The molecule has 0 aliphatic carbocycles. The average Bonchev–Trinajstić information content (AvgIpc) is 2.68. The summed E-state index contributed by atoms with van der Waals surface area (Å²) in [5.41, 5.74) is 3.20. The van der Waals surface area contributed by atoms with Crippen LogP contribution in [0, 0.1) is 11.3 Å². The van der Waals surface area contributed by atoms with Crippen molar-refractivity contribution in [1.29, 1.82) is 5.26 Å². The summed E-state index contributed by atoms with van der Waals surface area (Å²) in [6.07, 6.45) is 0. The Morgan fingerprint density at radius 1 is 1.12 bits per heavy atom. The van der Waals surface area contributed by atoms with Crippen molar-refractivity contribution in [3.05, 3.63) is 54.1 Å². The Hall–Kier alpha value is -3.04. The third-order valence-corrected chi connectivity index (χ3v) is 3.97. The summed E-state index contributed by atoms with van der Waals surface area (Å²) in [5.74, 6) is -0.138.